The average Bonchev–Trinajstić information content (AvgIpc) is 2.85. The molecule has 0 spiro atoms. The van der Waals surface area contributed by atoms with Gasteiger partial charge in [0.1, 0.15) is 11.8 Å². The monoisotopic (exact) mass is 275 g/mol. The number of carbonyl (C=O) groups excluding carboxylic acids is 1. The van der Waals surface area contributed by atoms with Crippen LogP contribution >= 0.6 is 0 Å². The molecule has 0 fully saturated rings. The van der Waals surface area contributed by atoms with Crippen LogP contribution in [0.25, 0.3) is 0 Å². The summed E-state index contributed by atoms with van der Waals surface area (Å²) >= 11 is 0. The molecule has 106 valence electrons. The summed E-state index contributed by atoms with van der Waals surface area (Å²) in [5.41, 5.74) is 6.57. The van der Waals surface area contributed by atoms with Gasteiger partial charge in [0.2, 0.25) is 5.89 Å². The number of anilines is 1. The predicted octanol–water partition coefficient (Wildman–Crippen LogP) is 2.06. The average molecular weight is 275 g/mol. The van der Waals surface area contributed by atoms with Gasteiger partial charge in [-0.2, -0.15) is 0 Å². The molecular weight excluding hydrogens is 258 g/mol. The third kappa shape index (κ3) is 2.74. The van der Waals surface area contributed by atoms with Gasteiger partial charge in [0.15, 0.2) is 5.75 Å². The Kier molecular flexibility index (Phi) is 3.93. The third-order valence-corrected chi connectivity index (χ3v) is 2.85. The number of aromatic nitrogens is 1. The van der Waals surface area contributed by atoms with Gasteiger partial charge in [0.25, 0.3) is 5.91 Å². The molecule has 0 aliphatic heterocycles. The van der Waals surface area contributed by atoms with Gasteiger partial charge in [-0.25, -0.2) is 4.98 Å². The number of ether oxygens (including phenoxy) is 1. The molecule has 3 N–H and O–H groups in total. The summed E-state index contributed by atoms with van der Waals surface area (Å²) in [7, 11) is 1.48. The van der Waals surface area contributed by atoms with E-state index in [1.165, 1.54) is 7.11 Å². The Morgan fingerprint density at radius 2 is 2.25 bits per heavy atom. The molecule has 20 heavy (non-hydrogen) atoms. The SMILES string of the molecule is COc1c(N)cccc1C(=O)NC(C)c1ncc(C)o1. The lowest BCUT2D eigenvalue weighted by Gasteiger charge is -2.13. The first-order valence-corrected chi connectivity index (χ1v) is 6.18. The van der Waals surface area contributed by atoms with Crippen molar-refractivity contribution in [1.82, 2.24) is 10.3 Å². The number of nitrogens with one attached hydrogen (secondary N) is 1. The van der Waals surface area contributed by atoms with E-state index in [-0.39, 0.29) is 11.9 Å². The molecule has 0 aliphatic rings. The molecule has 6 nitrogen and oxygen atoms in total. The lowest BCUT2D eigenvalue weighted by molar-refractivity contribution is 0.0931. The zero-order chi connectivity index (χ0) is 14.7. The van der Waals surface area contributed by atoms with E-state index >= 15 is 0 Å². The molecule has 0 aliphatic carbocycles. The molecule has 1 atom stereocenters. The Bertz CT molecular complexity index is 622. The Hall–Kier alpha value is -2.50. The molecule has 0 saturated carbocycles. The zero-order valence-electron chi connectivity index (χ0n) is 11.6. The summed E-state index contributed by atoms with van der Waals surface area (Å²) in [6.07, 6.45) is 1.61. The highest BCUT2D eigenvalue weighted by atomic mass is 16.5. The van der Waals surface area contributed by atoms with Crippen molar-refractivity contribution in [3.63, 3.8) is 0 Å². The van der Waals surface area contributed by atoms with Gasteiger partial charge in [0.05, 0.1) is 24.6 Å². The molecule has 0 saturated heterocycles. The predicted molar refractivity (Wildman–Crippen MR) is 74.5 cm³/mol. The quantitative estimate of drug-likeness (QED) is 0.833. The fraction of sp³-hybridized carbons (Fsp3) is 0.286. The smallest absolute Gasteiger partial charge is 0.255 e. The molecule has 2 aromatic rings. The van der Waals surface area contributed by atoms with Gasteiger partial charge in [-0.15, -0.1) is 0 Å². The number of carbonyl (C=O) groups is 1. The number of benzene rings is 1. The summed E-state index contributed by atoms with van der Waals surface area (Å²) in [5, 5.41) is 2.80. The maximum absolute atomic E-state index is 12.3. The van der Waals surface area contributed by atoms with Gasteiger partial charge in [-0.1, -0.05) is 6.07 Å². The highest BCUT2D eigenvalue weighted by molar-refractivity contribution is 5.98. The van der Waals surface area contributed by atoms with Crippen LogP contribution in [0.15, 0.2) is 28.8 Å². The van der Waals surface area contributed by atoms with E-state index < -0.39 is 0 Å². The summed E-state index contributed by atoms with van der Waals surface area (Å²) in [6.45, 7) is 3.59. The number of oxazole rings is 1. The fourth-order valence-electron chi connectivity index (χ4n) is 1.87. The lowest BCUT2D eigenvalue weighted by atomic mass is 10.1. The van der Waals surface area contributed by atoms with Crippen LogP contribution in [-0.2, 0) is 0 Å². The first-order valence-electron chi connectivity index (χ1n) is 6.18. The summed E-state index contributed by atoms with van der Waals surface area (Å²) < 4.78 is 10.5. The maximum atomic E-state index is 12.3. The molecule has 1 aromatic carbocycles. The van der Waals surface area contributed by atoms with Crippen LogP contribution in [0, 0.1) is 6.92 Å². The number of hydrogen-bond donors (Lipinski definition) is 2. The fourth-order valence-corrected chi connectivity index (χ4v) is 1.87. The van der Waals surface area contributed by atoms with E-state index in [9.17, 15) is 4.79 Å². The zero-order valence-corrected chi connectivity index (χ0v) is 11.6. The number of nitrogens with two attached hydrogens (primary N) is 1. The van der Waals surface area contributed by atoms with Gasteiger partial charge < -0.3 is 20.2 Å². The van der Waals surface area contributed by atoms with Crippen molar-refractivity contribution >= 4 is 11.6 Å². The molecule has 1 aromatic heterocycles. The Labute approximate surface area is 116 Å². The number of amides is 1. The largest absolute Gasteiger partial charge is 0.494 e. The van der Waals surface area contributed by atoms with Crippen molar-refractivity contribution in [2.75, 3.05) is 12.8 Å². The molecule has 2 rings (SSSR count). The van der Waals surface area contributed by atoms with Gasteiger partial charge in [0, 0.05) is 0 Å². The first kappa shape index (κ1) is 13.9. The van der Waals surface area contributed by atoms with Gasteiger partial charge in [-0.05, 0) is 26.0 Å². The Morgan fingerprint density at radius 3 is 2.85 bits per heavy atom. The van der Waals surface area contributed by atoms with Crippen LogP contribution in [0.4, 0.5) is 5.69 Å². The van der Waals surface area contributed by atoms with E-state index in [0.29, 0.717) is 28.7 Å². The van der Waals surface area contributed by atoms with Crippen molar-refractivity contribution < 1.29 is 13.9 Å². The molecular formula is C14H17N3O3. The number of aryl methyl sites for hydroxylation is 1. The van der Waals surface area contributed by atoms with Crippen LogP contribution in [-0.4, -0.2) is 18.0 Å². The van der Waals surface area contributed by atoms with Crippen molar-refractivity contribution in [3.05, 3.63) is 41.6 Å². The van der Waals surface area contributed by atoms with Crippen LogP contribution in [0.1, 0.15) is 35.0 Å². The lowest BCUT2D eigenvalue weighted by Crippen LogP contribution is -2.27. The van der Waals surface area contributed by atoms with Crippen LogP contribution in [0.2, 0.25) is 0 Å². The number of methoxy groups -OCH3 is 1. The number of nitrogen functional groups attached to an aromatic ring is 1. The number of rotatable bonds is 4. The number of nitrogens with zero attached hydrogens (tertiary/aromatic N) is 1. The summed E-state index contributed by atoms with van der Waals surface area (Å²) in [5.74, 6) is 1.22. The molecule has 1 heterocycles. The minimum atomic E-state index is -0.345. The molecule has 6 heteroatoms. The van der Waals surface area contributed by atoms with Crippen molar-refractivity contribution in [3.8, 4) is 5.75 Å². The second-order valence-corrected chi connectivity index (χ2v) is 4.43. The van der Waals surface area contributed by atoms with Crippen molar-refractivity contribution in [2.45, 2.75) is 19.9 Å². The third-order valence-electron chi connectivity index (χ3n) is 2.85. The molecule has 1 unspecified atom stereocenters. The molecule has 0 bridgehead atoms. The maximum Gasteiger partial charge on any atom is 0.255 e. The Balaban J connectivity index is 2.18. The normalized spacial score (nSPS) is 11.9. The van der Waals surface area contributed by atoms with Crippen molar-refractivity contribution in [1.29, 1.82) is 0 Å². The topological polar surface area (TPSA) is 90.4 Å². The van der Waals surface area contributed by atoms with E-state index in [4.69, 9.17) is 14.9 Å². The Morgan fingerprint density at radius 1 is 1.50 bits per heavy atom. The van der Waals surface area contributed by atoms with E-state index in [0.717, 1.165) is 0 Å². The van der Waals surface area contributed by atoms with Crippen LogP contribution in [0.3, 0.4) is 0 Å². The van der Waals surface area contributed by atoms with Gasteiger partial charge in [-0.3, -0.25) is 4.79 Å². The van der Waals surface area contributed by atoms with E-state index in [1.807, 2.05) is 0 Å². The minimum absolute atomic E-state index is 0.294. The second kappa shape index (κ2) is 5.64. The summed E-state index contributed by atoms with van der Waals surface area (Å²) in [6, 6.07) is 4.68. The van der Waals surface area contributed by atoms with Gasteiger partial charge >= 0.3 is 0 Å². The highest BCUT2D eigenvalue weighted by Gasteiger charge is 2.19. The second-order valence-electron chi connectivity index (χ2n) is 4.43. The van der Waals surface area contributed by atoms with E-state index in [1.54, 1.807) is 38.2 Å². The standard InChI is InChI=1S/C14H17N3O3/c1-8-7-16-14(20-8)9(2)17-13(18)10-5-4-6-11(15)12(10)19-3/h4-7,9H,15H2,1-3H3,(H,17,18). The number of hydrogen-bond acceptors (Lipinski definition) is 5. The van der Waals surface area contributed by atoms with Crippen LogP contribution < -0.4 is 15.8 Å². The minimum Gasteiger partial charge on any atom is -0.494 e. The molecule has 0 radical (unpaired) electrons. The summed E-state index contributed by atoms with van der Waals surface area (Å²) in [4.78, 5) is 16.3. The molecule has 1 amide bonds. The first-order chi connectivity index (χ1) is 9.52. The highest BCUT2D eigenvalue weighted by Crippen LogP contribution is 2.26. The number of para-hydroxylation sites is 1. The van der Waals surface area contributed by atoms with Crippen molar-refractivity contribution in [2.24, 2.45) is 0 Å². The van der Waals surface area contributed by atoms with E-state index in [2.05, 4.69) is 10.3 Å². The van der Waals surface area contributed by atoms with Crippen LogP contribution in [0.5, 0.6) is 5.75 Å².